The molecule has 1 amide bonds. The zero-order chi connectivity index (χ0) is 13.1. The number of rotatable bonds is 4. The van der Waals surface area contributed by atoms with E-state index >= 15 is 0 Å². The van der Waals surface area contributed by atoms with Crippen LogP contribution in [0.2, 0.25) is 0 Å². The fourth-order valence-corrected chi connectivity index (χ4v) is 1.67. The lowest BCUT2D eigenvalue weighted by Gasteiger charge is -2.28. The van der Waals surface area contributed by atoms with E-state index in [1.165, 1.54) is 0 Å². The van der Waals surface area contributed by atoms with Crippen LogP contribution in [-0.2, 0) is 0 Å². The van der Waals surface area contributed by atoms with Crippen molar-refractivity contribution in [3.63, 3.8) is 0 Å². The molecule has 92 valence electrons. The molecule has 1 atom stereocenters. The Hall–Kier alpha value is -1.42. The highest BCUT2D eigenvalue weighted by Crippen LogP contribution is 2.13. The Morgan fingerprint density at radius 1 is 1.47 bits per heavy atom. The first-order valence-corrected chi connectivity index (χ1v) is 5.99. The average Bonchev–Trinajstić information content (AvgIpc) is 2.29. The number of aryl methyl sites for hydroxylation is 1. The van der Waals surface area contributed by atoms with Gasteiger partial charge >= 0.3 is 0 Å². The summed E-state index contributed by atoms with van der Waals surface area (Å²) in [6, 6.07) is 7.43. The quantitative estimate of drug-likeness (QED) is 0.805. The normalized spacial score (nSPS) is 13.8. The third-order valence-electron chi connectivity index (χ3n) is 3.03. The van der Waals surface area contributed by atoms with Crippen molar-refractivity contribution in [3.05, 3.63) is 35.4 Å². The van der Waals surface area contributed by atoms with Gasteiger partial charge in [-0.2, -0.15) is 0 Å². The summed E-state index contributed by atoms with van der Waals surface area (Å²) >= 11 is 4.99. The van der Waals surface area contributed by atoms with Gasteiger partial charge in [-0.05, 0) is 31.9 Å². The summed E-state index contributed by atoms with van der Waals surface area (Å²) in [5.41, 5.74) is 6.62. The van der Waals surface area contributed by atoms with Gasteiger partial charge in [0.05, 0.1) is 10.5 Å². The molecule has 1 aromatic rings. The second-order valence-corrected chi connectivity index (χ2v) is 4.76. The lowest BCUT2D eigenvalue weighted by molar-refractivity contribution is 0.0926. The molecule has 0 saturated carbocycles. The van der Waals surface area contributed by atoms with Crippen molar-refractivity contribution in [2.24, 2.45) is 5.73 Å². The molecule has 0 bridgehead atoms. The van der Waals surface area contributed by atoms with E-state index in [2.05, 4.69) is 5.32 Å². The van der Waals surface area contributed by atoms with E-state index < -0.39 is 5.54 Å². The van der Waals surface area contributed by atoms with Gasteiger partial charge in [-0.3, -0.25) is 4.79 Å². The molecule has 17 heavy (non-hydrogen) atoms. The lowest BCUT2D eigenvalue weighted by Crippen LogP contribution is -2.54. The number of thiocarbonyl (C=S) groups is 1. The highest BCUT2D eigenvalue weighted by molar-refractivity contribution is 7.80. The number of carbonyl (C=O) groups excluding carboxylic acids is 1. The highest BCUT2D eigenvalue weighted by atomic mass is 32.1. The van der Waals surface area contributed by atoms with Crippen molar-refractivity contribution >= 4 is 23.1 Å². The largest absolute Gasteiger partial charge is 0.391 e. The second-order valence-electron chi connectivity index (χ2n) is 4.32. The summed E-state index contributed by atoms with van der Waals surface area (Å²) in [6.07, 6.45) is 0.667. The van der Waals surface area contributed by atoms with Crippen molar-refractivity contribution < 1.29 is 4.79 Å². The molecule has 0 heterocycles. The average molecular weight is 250 g/mol. The molecule has 0 radical (unpaired) electrons. The third-order valence-corrected chi connectivity index (χ3v) is 3.48. The molecule has 0 spiro atoms. The van der Waals surface area contributed by atoms with E-state index in [-0.39, 0.29) is 5.91 Å². The number of benzene rings is 1. The highest BCUT2D eigenvalue weighted by Gasteiger charge is 2.28. The molecule has 0 aromatic heterocycles. The van der Waals surface area contributed by atoms with Gasteiger partial charge in [0.25, 0.3) is 5.91 Å². The van der Waals surface area contributed by atoms with Gasteiger partial charge in [0, 0.05) is 5.56 Å². The summed E-state index contributed by atoms with van der Waals surface area (Å²) in [5.74, 6) is -0.139. The van der Waals surface area contributed by atoms with Crippen LogP contribution in [0.4, 0.5) is 0 Å². The van der Waals surface area contributed by atoms with Crippen LogP contribution in [0.15, 0.2) is 24.3 Å². The first-order chi connectivity index (χ1) is 7.90. The molecular weight excluding hydrogens is 232 g/mol. The van der Waals surface area contributed by atoms with E-state index in [1.807, 2.05) is 39.0 Å². The van der Waals surface area contributed by atoms with Gasteiger partial charge in [0.1, 0.15) is 0 Å². The molecule has 0 aliphatic heterocycles. The summed E-state index contributed by atoms with van der Waals surface area (Å²) in [7, 11) is 0. The van der Waals surface area contributed by atoms with Crippen LogP contribution in [0, 0.1) is 6.92 Å². The number of nitrogens with two attached hydrogens (primary N) is 1. The van der Waals surface area contributed by atoms with Crippen molar-refractivity contribution in [1.82, 2.24) is 5.32 Å². The van der Waals surface area contributed by atoms with Gasteiger partial charge in [0.2, 0.25) is 0 Å². The van der Waals surface area contributed by atoms with E-state index in [1.54, 1.807) is 6.07 Å². The van der Waals surface area contributed by atoms with Gasteiger partial charge in [-0.1, -0.05) is 37.3 Å². The van der Waals surface area contributed by atoms with Gasteiger partial charge in [-0.25, -0.2) is 0 Å². The van der Waals surface area contributed by atoms with Crippen molar-refractivity contribution in [1.29, 1.82) is 0 Å². The van der Waals surface area contributed by atoms with E-state index in [0.29, 0.717) is 17.0 Å². The number of hydrogen-bond donors (Lipinski definition) is 2. The zero-order valence-corrected chi connectivity index (χ0v) is 11.2. The van der Waals surface area contributed by atoms with E-state index in [0.717, 1.165) is 5.56 Å². The summed E-state index contributed by atoms with van der Waals surface area (Å²) in [4.78, 5) is 12.4. The van der Waals surface area contributed by atoms with Gasteiger partial charge < -0.3 is 11.1 Å². The van der Waals surface area contributed by atoms with Crippen LogP contribution >= 0.6 is 12.2 Å². The zero-order valence-electron chi connectivity index (χ0n) is 10.4. The Kier molecular flexibility index (Phi) is 4.23. The van der Waals surface area contributed by atoms with E-state index in [4.69, 9.17) is 18.0 Å². The van der Waals surface area contributed by atoms with Crippen molar-refractivity contribution in [3.8, 4) is 0 Å². The SMILES string of the molecule is CCC(C)(NC(=O)c1ccccc1C)C(N)=S. The van der Waals surface area contributed by atoms with Crippen molar-refractivity contribution in [2.75, 3.05) is 0 Å². The minimum Gasteiger partial charge on any atom is -0.391 e. The van der Waals surface area contributed by atoms with Crippen LogP contribution in [-0.4, -0.2) is 16.4 Å². The molecule has 1 aromatic carbocycles. The third kappa shape index (κ3) is 3.03. The molecule has 0 saturated heterocycles. The fourth-order valence-electron chi connectivity index (χ4n) is 1.47. The Morgan fingerprint density at radius 2 is 2.06 bits per heavy atom. The molecule has 0 aliphatic rings. The second kappa shape index (κ2) is 5.27. The van der Waals surface area contributed by atoms with Crippen LogP contribution < -0.4 is 11.1 Å². The first kappa shape index (κ1) is 13.6. The van der Waals surface area contributed by atoms with E-state index in [9.17, 15) is 4.79 Å². The van der Waals surface area contributed by atoms with Gasteiger partial charge in [0.15, 0.2) is 0 Å². The number of nitrogens with one attached hydrogen (secondary N) is 1. The van der Waals surface area contributed by atoms with Crippen LogP contribution in [0.25, 0.3) is 0 Å². The topological polar surface area (TPSA) is 55.1 Å². The number of hydrogen-bond acceptors (Lipinski definition) is 2. The Bertz CT molecular complexity index is 445. The molecule has 0 fully saturated rings. The van der Waals surface area contributed by atoms with Crippen LogP contribution in [0.1, 0.15) is 36.2 Å². The fraction of sp³-hybridized carbons (Fsp3) is 0.385. The minimum atomic E-state index is -0.630. The summed E-state index contributed by atoms with van der Waals surface area (Å²) in [6.45, 7) is 5.68. The standard InChI is InChI=1S/C13H18N2OS/c1-4-13(3,12(14)17)15-11(16)10-8-6-5-7-9(10)2/h5-8H,4H2,1-3H3,(H2,14,17)(H,15,16). The van der Waals surface area contributed by atoms with Crippen molar-refractivity contribution in [2.45, 2.75) is 32.7 Å². The molecule has 4 heteroatoms. The lowest BCUT2D eigenvalue weighted by atomic mass is 9.97. The minimum absolute atomic E-state index is 0.139. The summed E-state index contributed by atoms with van der Waals surface area (Å²) in [5, 5.41) is 2.89. The Labute approximate surface area is 107 Å². The predicted molar refractivity (Wildman–Crippen MR) is 74.1 cm³/mol. The smallest absolute Gasteiger partial charge is 0.252 e. The molecular formula is C13H18N2OS. The molecule has 3 nitrogen and oxygen atoms in total. The molecule has 1 rings (SSSR count). The number of carbonyl (C=O) groups is 1. The van der Waals surface area contributed by atoms with Crippen LogP contribution in [0.3, 0.4) is 0 Å². The Balaban J connectivity index is 2.93. The maximum Gasteiger partial charge on any atom is 0.252 e. The van der Waals surface area contributed by atoms with Crippen LogP contribution in [0.5, 0.6) is 0 Å². The van der Waals surface area contributed by atoms with Gasteiger partial charge in [-0.15, -0.1) is 0 Å². The summed E-state index contributed by atoms with van der Waals surface area (Å²) < 4.78 is 0. The number of amides is 1. The maximum absolute atomic E-state index is 12.1. The monoisotopic (exact) mass is 250 g/mol. The molecule has 0 aliphatic carbocycles. The first-order valence-electron chi connectivity index (χ1n) is 5.58. The predicted octanol–water partition coefficient (Wildman–Crippen LogP) is 2.18. The maximum atomic E-state index is 12.1. The Morgan fingerprint density at radius 3 is 2.53 bits per heavy atom. The molecule has 3 N–H and O–H groups in total. The molecule has 1 unspecified atom stereocenters.